The summed E-state index contributed by atoms with van der Waals surface area (Å²) in [6, 6.07) is 14.2. The maximum atomic E-state index is 12.1. The van der Waals surface area contributed by atoms with Gasteiger partial charge < -0.3 is 5.32 Å². The molecular weight excluding hydrogens is 288 g/mol. The molecule has 0 aliphatic rings. The summed E-state index contributed by atoms with van der Waals surface area (Å²) in [5.41, 5.74) is 1.99. The fourth-order valence-electron chi connectivity index (χ4n) is 1.88. The molecule has 0 unspecified atom stereocenters. The minimum atomic E-state index is -0.242. The number of carbonyl (C=O) groups excluding carboxylic acids is 1. The van der Waals surface area contributed by atoms with Gasteiger partial charge in [-0.05, 0) is 36.4 Å². The van der Waals surface area contributed by atoms with Gasteiger partial charge in [-0.25, -0.2) is 9.67 Å². The Hall–Kier alpha value is -2.66. The lowest BCUT2D eigenvalue weighted by Gasteiger charge is -2.07. The third-order valence-electron chi connectivity index (χ3n) is 2.93. The van der Waals surface area contributed by atoms with Gasteiger partial charge in [-0.3, -0.25) is 4.79 Å². The fraction of sp³-hybridized carbons (Fsp3) is 0. The lowest BCUT2D eigenvalue weighted by Crippen LogP contribution is -2.12. The molecule has 3 rings (SSSR count). The first-order chi connectivity index (χ1) is 10.2. The summed E-state index contributed by atoms with van der Waals surface area (Å²) in [5, 5.41) is 7.27. The minimum Gasteiger partial charge on any atom is -0.322 e. The van der Waals surface area contributed by atoms with Crippen molar-refractivity contribution < 1.29 is 4.79 Å². The predicted octanol–water partition coefficient (Wildman–Crippen LogP) is 3.17. The summed E-state index contributed by atoms with van der Waals surface area (Å²) < 4.78 is 1.64. The van der Waals surface area contributed by atoms with Gasteiger partial charge in [0.2, 0.25) is 0 Å². The molecule has 3 aromatic rings. The number of aromatic nitrogens is 3. The Bertz CT molecular complexity index is 754. The van der Waals surface area contributed by atoms with Crippen molar-refractivity contribution >= 4 is 23.2 Å². The third-order valence-corrected chi connectivity index (χ3v) is 3.26. The van der Waals surface area contributed by atoms with Crippen LogP contribution < -0.4 is 5.32 Å². The number of nitrogens with one attached hydrogen (secondary N) is 1. The second-order valence-corrected chi connectivity index (χ2v) is 4.73. The molecule has 5 nitrogen and oxygen atoms in total. The number of rotatable bonds is 3. The van der Waals surface area contributed by atoms with Crippen molar-refractivity contribution in [1.82, 2.24) is 14.8 Å². The molecule has 6 heteroatoms. The Morgan fingerprint density at radius 1 is 1.10 bits per heavy atom. The van der Waals surface area contributed by atoms with Crippen molar-refractivity contribution in [2.45, 2.75) is 0 Å². The normalized spacial score (nSPS) is 10.3. The molecule has 21 heavy (non-hydrogen) atoms. The van der Waals surface area contributed by atoms with Gasteiger partial charge in [-0.1, -0.05) is 23.7 Å². The molecule has 1 heterocycles. The summed E-state index contributed by atoms with van der Waals surface area (Å²) in [6.45, 7) is 0. The first-order valence-corrected chi connectivity index (χ1v) is 6.63. The monoisotopic (exact) mass is 298 g/mol. The van der Waals surface area contributed by atoms with Gasteiger partial charge in [0.15, 0.2) is 0 Å². The molecule has 0 aliphatic carbocycles. The van der Waals surface area contributed by atoms with Crippen molar-refractivity contribution in [3.8, 4) is 5.69 Å². The average molecular weight is 299 g/mol. The first-order valence-electron chi connectivity index (χ1n) is 6.25. The molecule has 0 atom stereocenters. The smallest absolute Gasteiger partial charge is 0.257 e. The largest absolute Gasteiger partial charge is 0.322 e. The second kappa shape index (κ2) is 5.76. The number of halogens is 1. The van der Waals surface area contributed by atoms with Gasteiger partial charge in [-0.15, -0.1) is 0 Å². The topological polar surface area (TPSA) is 59.8 Å². The number of carbonyl (C=O) groups is 1. The second-order valence-electron chi connectivity index (χ2n) is 4.32. The third kappa shape index (κ3) is 2.93. The van der Waals surface area contributed by atoms with Crippen molar-refractivity contribution in [2.24, 2.45) is 0 Å². The molecule has 0 fully saturated rings. The highest BCUT2D eigenvalue weighted by Crippen LogP contribution is 2.18. The number of benzene rings is 2. The standard InChI is InChI=1S/C15H11ClN4O/c16-14-4-2-1-3-13(14)15(21)19-11-5-7-12(8-6-11)20-10-17-9-18-20/h1-10H,(H,19,21). The van der Waals surface area contributed by atoms with Gasteiger partial charge in [0.25, 0.3) is 5.91 Å². The molecule has 1 aromatic heterocycles. The van der Waals surface area contributed by atoms with Crippen LogP contribution in [0.15, 0.2) is 61.2 Å². The molecule has 0 spiro atoms. The molecule has 0 bridgehead atoms. The molecule has 1 N–H and O–H groups in total. The summed E-state index contributed by atoms with van der Waals surface area (Å²) in [4.78, 5) is 16.0. The minimum absolute atomic E-state index is 0.242. The van der Waals surface area contributed by atoms with Crippen molar-refractivity contribution in [3.05, 3.63) is 71.8 Å². The molecule has 0 saturated heterocycles. The summed E-state index contributed by atoms with van der Waals surface area (Å²) in [7, 11) is 0. The molecular formula is C15H11ClN4O. The van der Waals surface area contributed by atoms with Crippen molar-refractivity contribution in [2.75, 3.05) is 5.32 Å². The number of hydrogen-bond acceptors (Lipinski definition) is 3. The Kier molecular flexibility index (Phi) is 3.66. The Morgan fingerprint density at radius 3 is 2.52 bits per heavy atom. The summed E-state index contributed by atoms with van der Waals surface area (Å²) >= 11 is 6.00. The van der Waals surface area contributed by atoms with E-state index in [0.29, 0.717) is 16.3 Å². The van der Waals surface area contributed by atoms with Gasteiger partial charge in [0.05, 0.1) is 16.3 Å². The number of hydrogen-bond donors (Lipinski definition) is 1. The first kappa shape index (κ1) is 13.3. The van der Waals surface area contributed by atoms with E-state index in [-0.39, 0.29) is 5.91 Å². The van der Waals surface area contributed by atoms with Crippen LogP contribution in [0.2, 0.25) is 5.02 Å². The Morgan fingerprint density at radius 2 is 1.86 bits per heavy atom. The molecule has 1 amide bonds. The number of anilines is 1. The van der Waals surface area contributed by atoms with Crippen molar-refractivity contribution in [3.63, 3.8) is 0 Å². The predicted molar refractivity (Wildman–Crippen MR) is 80.8 cm³/mol. The van der Waals surface area contributed by atoms with Crippen LogP contribution in [0.3, 0.4) is 0 Å². The van der Waals surface area contributed by atoms with Gasteiger partial charge in [0.1, 0.15) is 12.7 Å². The van der Waals surface area contributed by atoms with E-state index in [1.54, 1.807) is 47.4 Å². The SMILES string of the molecule is O=C(Nc1ccc(-n2cncn2)cc1)c1ccccc1Cl. The highest BCUT2D eigenvalue weighted by molar-refractivity contribution is 6.34. The average Bonchev–Trinajstić information content (AvgIpc) is 3.02. The zero-order valence-electron chi connectivity index (χ0n) is 10.9. The van der Waals surface area contributed by atoms with Gasteiger partial charge in [-0.2, -0.15) is 5.10 Å². The van der Waals surface area contributed by atoms with Crippen LogP contribution in [0.4, 0.5) is 5.69 Å². The molecule has 104 valence electrons. The fourth-order valence-corrected chi connectivity index (χ4v) is 2.10. The van der Waals surface area contributed by atoms with Crippen LogP contribution in [0.25, 0.3) is 5.69 Å². The van der Waals surface area contributed by atoms with Crippen LogP contribution in [0.5, 0.6) is 0 Å². The van der Waals surface area contributed by atoms with Crippen molar-refractivity contribution in [1.29, 1.82) is 0 Å². The Labute approximate surface area is 126 Å². The quantitative estimate of drug-likeness (QED) is 0.808. The molecule has 0 radical (unpaired) electrons. The van der Waals surface area contributed by atoms with Crippen LogP contribution in [-0.2, 0) is 0 Å². The highest BCUT2D eigenvalue weighted by Gasteiger charge is 2.09. The number of nitrogens with zero attached hydrogens (tertiary/aromatic N) is 3. The van der Waals surface area contributed by atoms with Crippen LogP contribution in [-0.4, -0.2) is 20.7 Å². The lowest BCUT2D eigenvalue weighted by molar-refractivity contribution is 0.102. The van der Waals surface area contributed by atoms with E-state index in [4.69, 9.17) is 11.6 Å². The molecule has 0 aliphatic heterocycles. The van der Waals surface area contributed by atoms with E-state index >= 15 is 0 Å². The lowest BCUT2D eigenvalue weighted by atomic mass is 10.2. The van der Waals surface area contributed by atoms with E-state index in [2.05, 4.69) is 15.4 Å². The van der Waals surface area contributed by atoms with Crippen LogP contribution in [0, 0.1) is 0 Å². The highest BCUT2D eigenvalue weighted by atomic mass is 35.5. The maximum Gasteiger partial charge on any atom is 0.257 e. The zero-order valence-corrected chi connectivity index (χ0v) is 11.7. The van der Waals surface area contributed by atoms with E-state index in [1.807, 2.05) is 12.1 Å². The maximum absolute atomic E-state index is 12.1. The van der Waals surface area contributed by atoms with E-state index in [1.165, 1.54) is 6.33 Å². The molecule has 0 saturated carbocycles. The van der Waals surface area contributed by atoms with E-state index in [9.17, 15) is 4.79 Å². The number of amides is 1. The van der Waals surface area contributed by atoms with E-state index in [0.717, 1.165) is 5.69 Å². The summed E-state index contributed by atoms with van der Waals surface area (Å²) in [5.74, 6) is -0.242. The van der Waals surface area contributed by atoms with Gasteiger partial charge >= 0.3 is 0 Å². The van der Waals surface area contributed by atoms with E-state index < -0.39 is 0 Å². The summed E-state index contributed by atoms with van der Waals surface area (Å²) in [6.07, 6.45) is 3.07. The van der Waals surface area contributed by atoms with Gasteiger partial charge in [0, 0.05) is 5.69 Å². The van der Waals surface area contributed by atoms with Crippen LogP contribution in [0.1, 0.15) is 10.4 Å². The Balaban J connectivity index is 1.77. The van der Waals surface area contributed by atoms with Crippen LogP contribution >= 0.6 is 11.6 Å². The molecule has 2 aromatic carbocycles. The zero-order chi connectivity index (χ0) is 14.7.